The van der Waals surface area contributed by atoms with Crippen molar-refractivity contribution in [2.24, 2.45) is 5.92 Å². The van der Waals surface area contributed by atoms with Crippen LogP contribution < -0.4 is 4.74 Å². The molecule has 3 rings (SSSR count). The van der Waals surface area contributed by atoms with Crippen LogP contribution >= 0.6 is 11.6 Å². The molecule has 1 aromatic heterocycles. The number of piperidine rings is 1. The van der Waals surface area contributed by atoms with Gasteiger partial charge in [-0.2, -0.15) is 0 Å². The lowest BCUT2D eigenvalue weighted by atomic mass is 10.0. The normalized spacial score (nSPS) is 26.0. The molecule has 25 heavy (non-hydrogen) atoms. The predicted molar refractivity (Wildman–Crippen MR) is 85.7 cm³/mol. The largest absolute Gasteiger partial charge is 0.416 e. The van der Waals surface area contributed by atoms with E-state index in [1.54, 1.807) is 0 Å². The molecule has 2 aliphatic heterocycles. The van der Waals surface area contributed by atoms with Crippen molar-refractivity contribution in [3.8, 4) is 5.88 Å². The Morgan fingerprint density at radius 2 is 2.16 bits per heavy atom. The number of pyridine rings is 1. The summed E-state index contributed by atoms with van der Waals surface area (Å²) in [5, 5.41) is 0.367. The maximum Gasteiger partial charge on any atom is 0.416 e. The van der Waals surface area contributed by atoms with Crippen LogP contribution in [0.3, 0.4) is 0 Å². The van der Waals surface area contributed by atoms with Crippen LogP contribution in [0, 0.1) is 5.92 Å². The minimum absolute atomic E-state index is 0.0144. The van der Waals surface area contributed by atoms with Gasteiger partial charge in [-0.1, -0.05) is 18.5 Å². The van der Waals surface area contributed by atoms with Crippen molar-refractivity contribution in [3.05, 3.63) is 23.4 Å². The fourth-order valence-corrected chi connectivity index (χ4v) is 3.38. The molecule has 0 aliphatic carbocycles. The molecule has 9 heteroatoms. The predicted octanol–water partition coefficient (Wildman–Crippen LogP) is 2.81. The average molecular weight is 374 g/mol. The highest BCUT2D eigenvalue weighted by Crippen LogP contribution is 2.32. The number of carbonyl (C=O) groups excluding carboxylic acids is 2. The molecule has 0 saturated carbocycles. The summed E-state index contributed by atoms with van der Waals surface area (Å²) in [7, 11) is 0. The molecule has 2 fully saturated rings. The van der Waals surface area contributed by atoms with E-state index in [1.807, 2.05) is 6.92 Å². The zero-order chi connectivity index (χ0) is 18.2. The Balaban J connectivity index is 1.71. The first-order valence-corrected chi connectivity index (χ1v) is 8.37. The Hall–Kier alpha value is -1.96. The number of carbonyl (C=O) groups is 2. The van der Waals surface area contributed by atoms with Crippen LogP contribution in [-0.2, 0) is 4.79 Å². The molecule has 3 heterocycles. The lowest BCUT2D eigenvalue weighted by molar-refractivity contribution is -0.135. The molecule has 136 valence electrons. The molecule has 0 aromatic carbocycles. The van der Waals surface area contributed by atoms with Gasteiger partial charge in [0.2, 0.25) is 11.8 Å². The van der Waals surface area contributed by atoms with E-state index in [-0.39, 0.29) is 24.2 Å². The molecular formula is C16H18ClF2N3O3. The average Bonchev–Trinajstić information content (AvgIpc) is 2.86. The van der Waals surface area contributed by atoms with Crippen LogP contribution in [0.5, 0.6) is 5.88 Å². The van der Waals surface area contributed by atoms with Crippen molar-refractivity contribution in [1.82, 2.24) is 14.8 Å². The summed E-state index contributed by atoms with van der Waals surface area (Å²) < 4.78 is 33.3. The molecule has 2 atom stereocenters. The first kappa shape index (κ1) is 17.8. The van der Waals surface area contributed by atoms with E-state index in [0.717, 1.165) is 4.90 Å². The van der Waals surface area contributed by atoms with E-state index in [2.05, 4.69) is 4.98 Å². The number of rotatable bonds is 2. The molecule has 1 aromatic rings. The van der Waals surface area contributed by atoms with E-state index in [4.69, 9.17) is 16.3 Å². The van der Waals surface area contributed by atoms with Crippen molar-refractivity contribution in [2.45, 2.75) is 31.7 Å². The third kappa shape index (κ3) is 4.18. The van der Waals surface area contributed by atoms with E-state index >= 15 is 0 Å². The Morgan fingerprint density at radius 1 is 1.40 bits per heavy atom. The molecule has 2 amide bonds. The maximum atomic E-state index is 14.1. The topological polar surface area (TPSA) is 62.7 Å². The third-order valence-electron chi connectivity index (χ3n) is 4.33. The minimum atomic E-state index is -3.08. The number of hydrogen-bond donors (Lipinski definition) is 0. The zero-order valence-electron chi connectivity index (χ0n) is 13.6. The fourth-order valence-electron chi connectivity index (χ4n) is 3.27. The quantitative estimate of drug-likeness (QED) is 0.799. The number of likely N-dealkylation sites (tertiary alicyclic amines) is 2. The molecule has 0 bridgehead atoms. The highest BCUT2D eigenvalue weighted by molar-refractivity contribution is 6.30. The van der Waals surface area contributed by atoms with Crippen LogP contribution in [0.4, 0.5) is 13.6 Å². The van der Waals surface area contributed by atoms with Gasteiger partial charge in [-0.15, -0.1) is 0 Å². The van der Waals surface area contributed by atoms with Gasteiger partial charge in [-0.3, -0.25) is 9.69 Å². The number of hydrogen-bond acceptors (Lipinski definition) is 4. The van der Waals surface area contributed by atoms with Gasteiger partial charge in [0.25, 0.3) is 5.92 Å². The van der Waals surface area contributed by atoms with Crippen LogP contribution in [0.1, 0.15) is 19.8 Å². The summed E-state index contributed by atoms with van der Waals surface area (Å²) in [5.41, 5.74) is 0. The molecule has 0 N–H and O–H groups in total. The van der Waals surface area contributed by atoms with E-state index in [0.29, 0.717) is 18.0 Å². The molecule has 2 saturated heterocycles. The van der Waals surface area contributed by atoms with Crippen molar-refractivity contribution in [2.75, 3.05) is 19.6 Å². The smallest absolute Gasteiger partial charge is 0.391 e. The van der Waals surface area contributed by atoms with Gasteiger partial charge in [-0.05, 0) is 12.0 Å². The SMILES string of the molecule is C[C@H]1CC(=O)N(C2CN(C(=O)Oc3ccc(Cl)cn3)CC(F)(F)C2)C1. The van der Waals surface area contributed by atoms with Gasteiger partial charge >= 0.3 is 6.09 Å². The second kappa shape index (κ2) is 6.74. The number of aromatic nitrogens is 1. The van der Waals surface area contributed by atoms with Gasteiger partial charge in [-0.25, -0.2) is 18.6 Å². The molecule has 0 radical (unpaired) electrons. The molecular weight excluding hydrogens is 356 g/mol. The fraction of sp³-hybridized carbons (Fsp3) is 0.562. The zero-order valence-corrected chi connectivity index (χ0v) is 14.4. The monoisotopic (exact) mass is 373 g/mol. The number of halogens is 3. The molecule has 2 aliphatic rings. The van der Waals surface area contributed by atoms with Crippen LogP contribution in [0.25, 0.3) is 0 Å². The van der Waals surface area contributed by atoms with E-state index in [1.165, 1.54) is 23.2 Å². The highest BCUT2D eigenvalue weighted by atomic mass is 35.5. The summed E-state index contributed by atoms with van der Waals surface area (Å²) >= 11 is 5.70. The Kier molecular flexibility index (Phi) is 4.81. The minimum Gasteiger partial charge on any atom is -0.391 e. The van der Waals surface area contributed by atoms with Crippen molar-refractivity contribution in [1.29, 1.82) is 0 Å². The van der Waals surface area contributed by atoms with Gasteiger partial charge in [0, 0.05) is 38.2 Å². The number of amides is 2. The summed E-state index contributed by atoms with van der Waals surface area (Å²) in [5.74, 6) is -3.13. The van der Waals surface area contributed by atoms with Crippen LogP contribution in [-0.4, -0.2) is 58.4 Å². The first-order valence-electron chi connectivity index (χ1n) is 7.99. The standard InChI is InChI=1S/C16H18ClF2N3O3/c1-10-4-14(23)22(7-10)12-5-16(18,19)9-21(8-12)15(24)25-13-3-2-11(17)6-20-13/h2-3,6,10,12H,4-5,7-9H2,1H3/t10-,12?/m0/s1. The van der Waals surface area contributed by atoms with Gasteiger partial charge < -0.3 is 9.64 Å². The van der Waals surface area contributed by atoms with Crippen molar-refractivity contribution in [3.63, 3.8) is 0 Å². The summed E-state index contributed by atoms with van der Waals surface area (Å²) in [4.78, 5) is 30.5. The molecule has 6 nitrogen and oxygen atoms in total. The van der Waals surface area contributed by atoms with Gasteiger partial charge in [0.1, 0.15) is 0 Å². The third-order valence-corrected chi connectivity index (χ3v) is 4.55. The van der Waals surface area contributed by atoms with Gasteiger partial charge in [0.05, 0.1) is 17.6 Å². The summed E-state index contributed by atoms with van der Waals surface area (Å²) in [6, 6.07) is 2.15. The Labute approximate surface area is 148 Å². The van der Waals surface area contributed by atoms with E-state index in [9.17, 15) is 18.4 Å². The lowest BCUT2D eigenvalue weighted by Gasteiger charge is -2.40. The van der Waals surface area contributed by atoms with Crippen molar-refractivity contribution < 1.29 is 23.1 Å². The highest BCUT2D eigenvalue weighted by Gasteiger charge is 2.46. The number of ether oxygens (including phenoxy) is 1. The Bertz CT molecular complexity index is 671. The van der Waals surface area contributed by atoms with Crippen LogP contribution in [0.15, 0.2) is 18.3 Å². The van der Waals surface area contributed by atoms with Gasteiger partial charge in [0.15, 0.2) is 0 Å². The first-order chi connectivity index (χ1) is 11.7. The van der Waals surface area contributed by atoms with Crippen LogP contribution in [0.2, 0.25) is 5.02 Å². The molecule has 1 unspecified atom stereocenters. The number of alkyl halides is 2. The number of nitrogens with zero attached hydrogens (tertiary/aromatic N) is 3. The van der Waals surface area contributed by atoms with Crippen molar-refractivity contribution >= 4 is 23.6 Å². The summed E-state index contributed by atoms with van der Waals surface area (Å²) in [6.07, 6.45) is 0.274. The second-order valence-corrected chi connectivity index (χ2v) is 7.07. The summed E-state index contributed by atoms with van der Waals surface area (Å²) in [6.45, 7) is 1.60. The lowest BCUT2D eigenvalue weighted by Crippen LogP contribution is -2.57. The maximum absolute atomic E-state index is 14.1. The van der Waals surface area contributed by atoms with E-state index < -0.39 is 31.0 Å². The second-order valence-electron chi connectivity index (χ2n) is 6.63. The molecule has 0 spiro atoms. The Morgan fingerprint density at radius 3 is 2.76 bits per heavy atom.